The van der Waals surface area contributed by atoms with Gasteiger partial charge in [0.1, 0.15) is 11.4 Å². The summed E-state index contributed by atoms with van der Waals surface area (Å²) in [6.45, 7) is 8.55. The van der Waals surface area contributed by atoms with E-state index in [-0.39, 0.29) is 5.91 Å². The number of rotatable bonds is 8. The van der Waals surface area contributed by atoms with Gasteiger partial charge in [0.25, 0.3) is 5.91 Å². The summed E-state index contributed by atoms with van der Waals surface area (Å²) in [4.78, 5) is 12.5. The van der Waals surface area contributed by atoms with Gasteiger partial charge < -0.3 is 14.8 Å². The zero-order valence-corrected chi connectivity index (χ0v) is 14.8. The Labute approximate surface area is 138 Å². The molecule has 1 atom stereocenters. The molecule has 0 aliphatic rings. The van der Waals surface area contributed by atoms with Crippen LogP contribution in [0.5, 0.6) is 5.75 Å². The van der Waals surface area contributed by atoms with E-state index >= 15 is 0 Å². The summed E-state index contributed by atoms with van der Waals surface area (Å²) in [5.41, 5.74) is -0.233. The lowest BCUT2D eigenvalue weighted by Gasteiger charge is -2.28. The predicted molar refractivity (Wildman–Crippen MR) is 90.7 cm³/mol. The van der Waals surface area contributed by atoms with Crippen molar-refractivity contribution >= 4 is 23.2 Å². The summed E-state index contributed by atoms with van der Waals surface area (Å²) in [7, 11) is 1.55. The van der Waals surface area contributed by atoms with Gasteiger partial charge in [-0.2, -0.15) is 0 Å². The maximum atomic E-state index is 12.5. The molecular weight excluding hydrogens is 302 g/mol. The van der Waals surface area contributed by atoms with Crippen molar-refractivity contribution in [3.05, 3.63) is 23.2 Å². The smallest absolute Gasteiger partial charge is 0.256 e. The third-order valence-corrected chi connectivity index (χ3v) is 3.68. The Morgan fingerprint density at radius 1 is 1.41 bits per heavy atom. The van der Waals surface area contributed by atoms with E-state index in [2.05, 4.69) is 19.2 Å². The third-order valence-electron chi connectivity index (χ3n) is 3.38. The van der Waals surface area contributed by atoms with Gasteiger partial charge in [-0.05, 0) is 43.9 Å². The molecule has 0 saturated carbocycles. The average molecular weight is 328 g/mol. The van der Waals surface area contributed by atoms with E-state index in [0.29, 0.717) is 35.4 Å². The van der Waals surface area contributed by atoms with Gasteiger partial charge in [-0.25, -0.2) is 0 Å². The van der Waals surface area contributed by atoms with Crippen LogP contribution in [0.4, 0.5) is 5.69 Å². The van der Waals surface area contributed by atoms with Crippen LogP contribution in [0.25, 0.3) is 0 Å². The van der Waals surface area contributed by atoms with Gasteiger partial charge in [-0.3, -0.25) is 4.79 Å². The van der Waals surface area contributed by atoms with Crippen molar-refractivity contribution in [2.45, 2.75) is 46.1 Å². The molecule has 1 aromatic rings. The van der Waals surface area contributed by atoms with Gasteiger partial charge in [0.2, 0.25) is 0 Å². The Balaban J connectivity index is 2.81. The molecule has 1 rings (SSSR count). The van der Waals surface area contributed by atoms with E-state index in [1.807, 2.05) is 6.92 Å². The maximum Gasteiger partial charge on any atom is 0.256 e. The van der Waals surface area contributed by atoms with Gasteiger partial charge in [-0.15, -0.1) is 0 Å². The Morgan fingerprint density at radius 3 is 2.59 bits per heavy atom. The second-order valence-corrected chi connectivity index (χ2v) is 6.39. The quantitative estimate of drug-likeness (QED) is 0.763. The van der Waals surface area contributed by atoms with E-state index in [4.69, 9.17) is 21.1 Å². The summed E-state index contributed by atoms with van der Waals surface area (Å²) in [5, 5.41) is 3.34. The SMILES string of the molecule is CCCOc1ccc(NC(=O)[C@](C)(CC(C)C)OC)cc1Cl. The molecule has 0 saturated heterocycles. The molecule has 1 N–H and O–H groups in total. The van der Waals surface area contributed by atoms with Crippen LogP contribution >= 0.6 is 11.6 Å². The zero-order chi connectivity index (χ0) is 16.8. The average Bonchev–Trinajstić information content (AvgIpc) is 2.45. The normalized spacial score (nSPS) is 13.8. The number of amides is 1. The van der Waals surface area contributed by atoms with Crippen LogP contribution in [0.1, 0.15) is 40.5 Å². The number of methoxy groups -OCH3 is 1. The Hall–Kier alpha value is -1.26. The van der Waals surface area contributed by atoms with Gasteiger partial charge in [0.05, 0.1) is 11.6 Å². The molecule has 0 aliphatic carbocycles. The fourth-order valence-corrected chi connectivity index (χ4v) is 2.45. The standard InChI is InChI=1S/C17H26ClNO3/c1-6-9-22-15-8-7-13(10-14(15)18)19-16(20)17(4,21-5)11-12(2)3/h7-8,10,12H,6,9,11H2,1-5H3,(H,19,20)/t17-/m0/s1. The van der Waals surface area contributed by atoms with Gasteiger partial charge in [0.15, 0.2) is 0 Å². The summed E-state index contributed by atoms with van der Waals surface area (Å²) in [5.74, 6) is 0.796. The van der Waals surface area contributed by atoms with Crippen LogP contribution in [0.2, 0.25) is 5.02 Å². The van der Waals surface area contributed by atoms with Gasteiger partial charge in [-0.1, -0.05) is 32.4 Å². The fraction of sp³-hybridized carbons (Fsp3) is 0.588. The van der Waals surface area contributed by atoms with Crippen molar-refractivity contribution in [3.63, 3.8) is 0 Å². The molecule has 4 nitrogen and oxygen atoms in total. The lowest BCUT2D eigenvalue weighted by atomic mass is 9.93. The first-order valence-electron chi connectivity index (χ1n) is 7.61. The molecule has 0 spiro atoms. The largest absolute Gasteiger partial charge is 0.492 e. The second kappa shape index (κ2) is 8.39. The van der Waals surface area contributed by atoms with Crippen molar-refractivity contribution < 1.29 is 14.3 Å². The Morgan fingerprint density at radius 2 is 2.09 bits per heavy atom. The van der Waals surface area contributed by atoms with Crippen molar-refractivity contribution in [2.24, 2.45) is 5.92 Å². The maximum absolute atomic E-state index is 12.5. The number of halogens is 1. The van der Waals surface area contributed by atoms with E-state index in [1.54, 1.807) is 32.2 Å². The minimum absolute atomic E-state index is 0.179. The number of anilines is 1. The van der Waals surface area contributed by atoms with E-state index in [9.17, 15) is 4.79 Å². The molecular formula is C17H26ClNO3. The molecule has 0 aliphatic heterocycles. The van der Waals surface area contributed by atoms with Gasteiger partial charge >= 0.3 is 0 Å². The number of carbonyl (C=O) groups is 1. The van der Waals surface area contributed by atoms with Crippen molar-refractivity contribution in [1.82, 2.24) is 0 Å². The summed E-state index contributed by atoms with van der Waals surface area (Å²) < 4.78 is 10.9. The highest BCUT2D eigenvalue weighted by Crippen LogP contribution is 2.29. The summed E-state index contributed by atoms with van der Waals surface area (Å²) in [6, 6.07) is 5.23. The first-order valence-corrected chi connectivity index (χ1v) is 7.99. The minimum atomic E-state index is -0.863. The highest BCUT2D eigenvalue weighted by atomic mass is 35.5. The predicted octanol–water partition coefficient (Wildman–Crippen LogP) is 4.52. The van der Waals surface area contributed by atoms with E-state index in [0.717, 1.165) is 6.42 Å². The van der Waals surface area contributed by atoms with Crippen LogP contribution in [0, 0.1) is 5.92 Å². The fourth-order valence-electron chi connectivity index (χ4n) is 2.22. The van der Waals surface area contributed by atoms with Crippen LogP contribution in [0.15, 0.2) is 18.2 Å². The molecule has 0 heterocycles. The highest BCUT2D eigenvalue weighted by Gasteiger charge is 2.33. The summed E-state index contributed by atoms with van der Waals surface area (Å²) in [6.07, 6.45) is 1.55. The number of carbonyl (C=O) groups excluding carboxylic acids is 1. The van der Waals surface area contributed by atoms with Crippen LogP contribution < -0.4 is 10.1 Å². The molecule has 5 heteroatoms. The first kappa shape index (κ1) is 18.8. The molecule has 0 bridgehead atoms. The molecule has 0 fully saturated rings. The monoisotopic (exact) mass is 327 g/mol. The number of benzene rings is 1. The topological polar surface area (TPSA) is 47.6 Å². The molecule has 0 aromatic heterocycles. The number of hydrogen-bond donors (Lipinski definition) is 1. The molecule has 0 unspecified atom stereocenters. The number of hydrogen-bond acceptors (Lipinski definition) is 3. The van der Waals surface area contributed by atoms with Crippen molar-refractivity contribution in [3.8, 4) is 5.75 Å². The molecule has 1 amide bonds. The van der Waals surface area contributed by atoms with Gasteiger partial charge in [0, 0.05) is 12.8 Å². The van der Waals surface area contributed by atoms with Crippen LogP contribution in [0.3, 0.4) is 0 Å². The lowest BCUT2D eigenvalue weighted by molar-refractivity contribution is -0.137. The first-order chi connectivity index (χ1) is 10.3. The Kier molecular flexibility index (Phi) is 7.17. The Bertz CT molecular complexity index is 505. The van der Waals surface area contributed by atoms with E-state index in [1.165, 1.54) is 0 Å². The second-order valence-electron chi connectivity index (χ2n) is 5.98. The summed E-state index contributed by atoms with van der Waals surface area (Å²) >= 11 is 6.17. The number of nitrogens with one attached hydrogen (secondary N) is 1. The zero-order valence-electron chi connectivity index (χ0n) is 14.0. The van der Waals surface area contributed by atoms with E-state index < -0.39 is 5.60 Å². The van der Waals surface area contributed by atoms with Crippen molar-refractivity contribution in [2.75, 3.05) is 19.0 Å². The van der Waals surface area contributed by atoms with Crippen LogP contribution in [-0.4, -0.2) is 25.2 Å². The number of ether oxygens (including phenoxy) is 2. The third kappa shape index (κ3) is 5.18. The molecule has 22 heavy (non-hydrogen) atoms. The molecule has 1 aromatic carbocycles. The lowest BCUT2D eigenvalue weighted by Crippen LogP contribution is -2.43. The van der Waals surface area contributed by atoms with Crippen LogP contribution in [-0.2, 0) is 9.53 Å². The highest BCUT2D eigenvalue weighted by molar-refractivity contribution is 6.32. The molecule has 124 valence electrons. The van der Waals surface area contributed by atoms with Crippen molar-refractivity contribution in [1.29, 1.82) is 0 Å². The minimum Gasteiger partial charge on any atom is -0.492 e. The molecule has 0 radical (unpaired) electrons.